The van der Waals surface area contributed by atoms with Gasteiger partial charge in [0.15, 0.2) is 0 Å². The number of aromatic nitrogens is 2. The molecule has 1 aromatic carbocycles. The fourth-order valence-electron chi connectivity index (χ4n) is 4.09. The van der Waals surface area contributed by atoms with Crippen LogP contribution in [0.25, 0.3) is 0 Å². The zero-order valence-electron chi connectivity index (χ0n) is 16.5. The van der Waals surface area contributed by atoms with Crippen molar-refractivity contribution in [2.45, 2.75) is 39.2 Å². The van der Waals surface area contributed by atoms with Gasteiger partial charge in [-0.3, -0.25) is 4.90 Å². The molecule has 2 aromatic rings. The number of hydrogen-bond acceptors (Lipinski definition) is 5. The van der Waals surface area contributed by atoms with E-state index in [2.05, 4.69) is 58.0 Å². The van der Waals surface area contributed by atoms with Crippen LogP contribution in [-0.2, 0) is 6.54 Å². The van der Waals surface area contributed by atoms with E-state index in [-0.39, 0.29) is 0 Å². The second-order valence-corrected chi connectivity index (χ2v) is 7.82. The number of nitrogens with zero attached hydrogens (tertiary/aromatic N) is 5. The summed E-state index contributed by atoms with van der Waals surface area (Å²) in [6.07, 6.45) is 5.24. The van der Waals surface area contributed by atoms with E-state index in [0.717, 1.165) is 63.3 Å². The Labute approximate surface area is 163 Å². The predicted molar refractivity (Wildman–Crippen MR) is 111 cm³/mol. The van der Waals surface area contributed by atoms with E-state index >= 15 is 0 Å². The second kappa shape index (κ2) is 8.70. The van der Waals surface area contributed by atoms with E-state index in [9.17, 15) is 0 Å². The van der Waals surface area contributed by atoms with E-state index in [4.69, 9.17) is 9.97 Å². The summed E-state index contributed by atoms with van der Waals surface area (Å²) in [5.41, 5.74) is 2.46. The normalized spacial score (nSPS) is 19.1. The number of hydrogen-bond donors (Lipinski definition) is 0. The van der Waals surface area contributed by atoms with Crippen molar-refractivity contribution < 1.29 is 0 Å². The van der Waals surface area contributed by atoms with Crippen LogP contribution in [0.15, 0.2) is 36.4 Å². The minimum Gasteiger partial charge on any atom is -0.356 e. The molecule has 0 radical (unpaired) electrons. The molecule has 0 amide bonds. The van der Waals surface area contributed by atoms with E-state index in [1.54, 1.807) is 0 Å². The number of anilines is 2. The summed E-state index contributed by atoms with van der Waals surface area (Å²) in [5, 5.41) is 0. The van der Waals surface area contributed by atoms with Gasteiger partial charge in [0.05, 0.1) is 0 Å². The minimum atomic E-state index is 0.911. The SMILES string of the molecule is Cc1cc(N2CCCCCC2)nc(N2CCN(Cc3ccccc3)CC2)n1. The first kappa shape index (κ1) is 18.2. The molecule has 2 aliphatic rings. The zero-order valence-corrected chi connectivity index (χ0v) is 16.5. The Hall–Kier alpha value is -2.14. The van der Waals surface area contributed by atoms with Crippen LogP contribution >= 0.6 is 0 Å². The summed E-state index contributed by atoms with van der Waals surface area (Å²) >= 11 is 0. The van der Waals surface area contributed by atoms with Crippen LogP contribution in [0.2, 0.25) is 0 Å². The maximum atomic E-state index is 4.95. The van der Waals surface area contributed by atoms with Gasteiger partial charge in [-0.2, -0.15) is 4.98 Å². The number of aryl methyl sites for hydroxylation is 1. The highest BCUT2D eigenvalue weighted by Crippen LogP contribution is 2.22. The first-order valence-electron chi connectivity index (χ1n) is 10.4. The van der Waals surface area contributed by atoms with Crippen LogP contribution in [0.3, 0.4) is 0 Å². The van der Waals surface area contributed by atoms with Crippen molar-refractivity contribution in [1.29, 1.82) is 0 Å². The lowest BCUT2D eigenvalue weighted by Gasteiger charge is -2.35. The molecule has 5 nitrogen and oxygen atoms in total. The molecule has 0 spiro atoms. The Morgan fingerprint density at radius 2 is 1.48 bits per heavy atom. The Morgan fingerprint density at radius 1 is 0.778 bits per heavy atom. The Kier molecular flexibility index (Phi) is 5.87. The standard InChI is InChI=1S/C22H31N5/c1-19-17-21(26-11-7-2-3-8-12-26)24-22(23-19)27-15-13-25(14-16-27)18-20-9-5-4-6-10-20/h4-6,9-10,17H,2-3,7-8,11-16,18H2,1H3. The lowest BCUT2D eigenvalue weighted by Crippen LogP contribution is -2.46. The summed E-state index contributed by atoms with van der Waals surface area (Å²) in [6, 6.07) is 12.9. The average molecular weight is 366 g/mol. The predicted octanol–water partition coefficient (Wildman–Crippen LogP) is 3.49. The van der Waals surface area contributed by atoms with Crippen molar-refractivity contribution in [3.05, 3.63) is 47.7 Å². The van der Waals surface area contributed by atoms with Crippen LogP contribution in [0.4, 0.5) is 11.8 Å². The van der Waals surface area contributed by atoms with Gasteiger partial charge in [0.25, 0.3) is 0 Å². The smallest absolute Gasteiger partial charge is 0.227 e. The topological polar surface area (TPSA) is 35.5 Å². The molecule has 2 aliphatic heterocycles. The number of benzene rings is 1. The Morgan fingerprint density at radius 3 is 2.19 bits per heavy atom. The van der Waals surface area contributed by atoms with Crippen LogP contribution in [0.5, 0.6) is 0 Å². The van der Waals surface area contributed by atoms with E-state index in [0.29, 0.717) is 0 Å². The quantitative estimate of drug-likeness (QED) is 0.829. The summed E-state index contributed by atoms with van der Waals surface area (Å²) < 4.78 is 0. The molecule has 0 N–H and O–H groups in total. The van der Waals surface area contributed by atoms with Gasteiger partial charge in [0.2, 0.25) is 5.95 Å². The van der Waals surface area contributed by atoms with Crippen molar-refractivity contribution in [1.82, 2.24) is 14.9 Å². The van der Waals surface area contributed by atoms with E-state index < -0.39 is 0 Å². The van der Waals surface area contributed by atoms with Crippen molar-refractivity contribution in [3.8, 4) is 0 Å². The lowest BCUT2D eigenvalue weighted by molar-refractivity contribution is 0.248. The molecule has 144 valence electrons. The van der Waals surface area contributed by atoms with Gasteiger partial charge in [-0.15, -0.1) is 0 Å². The molecule has 2 fully saturated rings. The lowest BCUT2D eigenvalue weighted by atomic mass is 10.2. The fraction of sp³-hybridized carbons (Fsp3) is 0.545. The third kappa shape index (κ3) is 4.78. The number of piperazine rings is 1. The second-order valence-electron chi connectivity index (χ2n) is 7.82. The van der Waals surface area contributed by atoms with E-state index in [1.165, 1.54) is 31.2 Å². The minimum absolute atomic E-state index is 0.911. The molecule has 2 saturated heterocycles. The molecule has 5 heteroatoms. The molecule has 0 atom stereocenters. The summed E-state index contributed by atoms with van der Waals surface area (Å²) in [6.45, 7) is 9.49. The van der Waals surface area contributed by atoms with Gasteiger partial charge in [-0.05, 0) is 25.3 Å². The first-order valence-corrected chi connectivity index (χ1v) is 10.4. The maximum absolute atomic E-state index is 4.95. The average Bonchev–Trinajstić information content (AvgIpc) is 2.98. The number of rotatable bonds is 4. The fourth-order valence-corrected chi connectivity index (χ4v) is 4.09. The molecule has 0 unspecified atom stereocenters. The van der Waals surface area contributed by atoms with Crippen LogP contribution < -0.4 is 9.80 Å². The molecule has 0 aliphatic carbocycles. The highest BCUT2D eigenvalue weighted by Gasteiger charge is 2.21. The molecular weight excluding hydrogens is 334 g/mol. The van der Waals surface area contributed by atoms with Crippen LogP contribution in [0.1, 0.15) is 36.9 Å². The van der Waals surface area contributed by atoms with Crippen molar-refractivity contribution in [2.75, 3.05) is 49.1 Å². The Balaban J connectivity index is 1.40. The highest BCUT2D eigenvalue weighted by molar-refractivity contribution is 5.46. The van der Waals surface area contributed by atoms with Crippen molar-refractivity contribution in [2.24, 2.45) is 0 Å². The summed E-state index contributed by atoms with van der Waals surface area (Å²) in [5.74, 6) is 2.03. The van der Waals surface area contributed by atoms with Crippen molar-refractivity contribution in [3.63, 3.8) is 0 Å². The highest BCUT2D eigenvalue weighted by atomic mass is 15.3. The third-order valence-corrected chi connectivity index (χ3v) is 5.66. The molecule has 1 aromatic heterocycles. The molecule has 4 rings (SSSR count). The van der Waals surface area contributed by atoms with Gasteiger partial charge in [-0.1, -0.05) is 43.2 Å². The van der Waals surface area contributed by atoms with Gasteiger partial charge in [0, 0.05) is 57.6 Å². The monoisotopic (exact) mass is 365 g/mol. The molecule has 0 bridgehead atoms. The third-order valence-electron chi connectivity index (χ3n) is 5.66. The summed E-state index contributed by atoms with van der Waals surface area (Å²) in [4.78, 5) is 17.0. The molecular formula is C22H31N5. The first-order chi connectivity index (χ1) is 13.3. The van der Waals surface area contributed by atoms with E-state index in [1.807, 2.05) is 0 Å². The Bertz CT molecular complexity index is 717. The van der Waals surface area contributed by atoms with Crippen LogP contribution in [0, 0.1) is 6.92 Å². The zero-order chi connectivity index (χ0) is 18.5. The summed E-state index contributed by atoms with van der Waals surface area (Å²) in [7, 11) is 0. The van der Waals surface area contributed by atoms with Gasteiger partial charge >= 0.3 is 0 Å². The van der Waals surface area contributed by atoms with Crippen molar-refractivity contribution >= 4 is 11.8 Å². The molecule has 0 saturated carbocycles. The molecule has 3 heterocycles. The van der Waals surface area contributed by atoms with Crippen LogP contribution in [-0.4, -0.2) is 54.1 Å². The van der Waals surface area contributed by atoms with Gasteiger partial charge in [0.1, 0.15) is 5.82 Å². The largest absolute Gasteiger partial charge is 0.356 e. The van der Waals surface area contributed by atoms with Gasteiger partial charge in [-0.25, -0.2) is 4.98 Å². The maximum Gasteiger partial charge on any atom is 0.227 e. The van der Waals surface area contributed by atoms with Gasteiger partial charge < -0.3 is 9.80 Å². The molecule has 27 heavy (non-hydrogen) atoms.